The molecular weight excluding hydrogens is 136 g/mol. The molecule has 0 fully saturated rings. The van der Waals surface area contributed by atoms with Crippen molar-refractivity contribution < 1.29 is 0 Å². The molecule has 0 aromatic rings. The second-order valence-corrected chi connectivity index (χ2v) is 2.47. The summed E-state index contributed by atoms with van der Waals surface area (Å²) in [6, 6.07) is 0.407. The van der Waals surface area contributed by atoms with Crippen LogP contribution in [0.1, 0.15) is 20.8 Å². The number of allylic oxidation sites excluding steroid dienone is 2. The summed E-state index contributed by atoms with van der Waals surface area (Å²) in [7, 11) is 0. The number of hydrogen-bond acceptors (Lipinski definition) is 2. The zero-order valence-electron chi connectivity index (χ0n) is 7.46. The molecule has 0 atom stereocenters. The fourth-order valence-corrected chi connectivity index (χ4v) is 0.675. The number of rotatable bonds is 4. The van der Waals surface area contributed by atoms with Gasteiger partial charge in [0, 0.05) is 12.3 Å². The Kier molecular flexibility index (Phi) is 5.17. The molecule has 62 valence electrons. The summed E-state index contributed by atoms with van der Waals surface area (Å²) in [6.45, 7) is 9.63. The lowest BCUT2D eigenvalue weighted by molar-refractivity contribution is 0.664. The van der Waals surface area contributed by atoms with E-state index in [9.17, 15) is 0 Å². The van der Waals surface area contributed by atoms with Crippen molar-refractivity contribution in [3.8, 4) is 0 Å². The Morgan fingerprint density at radius 1 is 1.55 bits per heavy atom. The van der Waals surface area contributed by atoms with Crippen LogP contribution in [0.3, 0.4) is 0 Å². The van der Waals surface area contributed by atoms with Gasteiger partial charge in [-0.1, -0.05) is 12.7 Å². The smallest absolute Gasteiger partial charge is 0.125 e. The number of nitrogens with one attached hydrogen (secondary N) is 1. The van der Waals surface area contributed by atoms with Gasteiger partial charge in [-0.3, -0.25) is 0 Å². The molecule has 0 aliphatic carbocycles. The minimum Gasteiger partial charge on any atom is -0.368 e. The molecule has 2 heteroatoms. The van der Waals surface area contributed by atoms with Gasteiger partial charge in [0.15, 0.2) is 0 Å². The van der Waals surface area contributed by atoms with Gasteiger partial charge in [0.1, 0.15) is 5.82 Å². The zero-order valence-corrected chi connectivity index (χ0v) is 7.46. The standard InChI is InChI=1S/C9H16N2/c1-5-7-9(10-6-2)11-8(3)4/h5-8,11H,1H2,2-4H3/b9-7+,10-6-. The van der Waals surface area contributed by atoms with Crippen LogP contribution < -0.4 is 5.32 Å². The highest BCUT2D eigenvalue weighted by molar-refractivity contribution is 5.55. The van der Waals surface area contributed by atoms with Crippen molar-refractivity contribution in [3.63, 3.8) is 0 Å². The highest BCUT2D eigenvalue weighted by Crippen LogP contribution is 1.93. The molecular formula is C9H16N2. The third-order valence-electron chi connectivity index (χ3n) is 0.980. The predicted octanol–water partition coefficient (Wildman–Crippen LogP) is 2.10. The van der Waals surface area contributed by atoms with Gasteiger partial charge in [-0.25, -0.2) is 4.99 Å². The minimum atomic E-state index is 0.407. The number of aliphatic imine (C=N–C) groups is 1. The van der Waals surface area contributed by atoms with E-state index in [0.717, 1.165) is 5.82 Å². The highest BCUT2D eigenvalue weighted by atomic mass is 15.0. The lowest BCUT2D eigenvalue weighted by atomic mass is 10.4. The van der Waals surface area contributed by atoms with Gasteiger partial charge in [0.05, 0.1) is 0 Å². The summed E-state index contributed by atoms with van der Waals surface area (Å²) < 4.78 is 0. The van der Waals surface area contributed by atoms with Crippen molar-refractivity contribution in [2.24, 2.45) is 4.99 Å². The van der Waals surface area contributed by atoms with Crippen LogP contribution in [0.5, 0.6) is 0 Å². The van der Waals surface area contributed by atoms with Gasteiger partial charge in [0.25, 0.3) is 0 Å². The third-order valence-corrected chi connectivity index (χ3v) is 0.980. The fraction of sp³-hybridized carbons (Fsp3) is 0.444. The minimum absolute atomic E-state index is 0.407. The monoisotopic (exact) mass is 152 g/mol. The molecule has 0 saturated carbocycles. The van der Waals surface area contributed by atoms with E-state index < -0.39 is 0 Å². The predicted molar refractivity (Wildman–Crippen MR) is 50.7 cm³/mol. The first-order chi connectivity index (χ1) is 5.20. The second-order valence-electron chi connectivity index (χ2n) is 2.47. The molecule has 0 rings (SSSR count). The van der Waals surface area contributed by atoms with E-state index in [0.29, 0.717) is 6.04 Å². The quantitative estimate of drug-likeness (QED) is 0.484. The molecule has 1 N–H and O–H groups in total. The molecule has 0 aliphatic heterocycles. The van der Waals surface area contributed by atoms with Crippen LogP contribution >= 0.6 is 0 Å². The number of hydrogen-bond donors (Lipinski definition) is 1. The van der Waals surface area contributed by atoms with E-state index in [-0.39, 0.29) is 0 Å². The molecule has 0 spiro atoms. The average molecular weight is 152 g/mol. The first kappa shape index (κ1) is 9.95. The normalized spacial score (nSPS) is 12.5. The molecule has 0 radical (unpaired) electrons. The van der Waals surface area contributed by atoms with Crippen LogP contribution in [0.25, 0.3) is 0 Å². The van der Waals surface area contributed by atoms with Gasteiger partial charge < -0.3 is 5.32 Å². The summed E-state index contributed by atoms with van der Waals surface area (Å²) >= 11 is 0. The molecule has 0 aromatic heterocycles. The Labute approximate surface area is 68.7 Å². The van der Waals surface area contributed by atoms with Crippen molar-refractivity contribution in [1.29, 1.82) is 0 Å². The highest BCUT2D eigenvalue weighted by Gasteiger charge is 1.92. The molecule has 0 unspecified atom stereocenters. The Morgan fingerprint density at radius 3 is 2.55 bits per heavy atom. The van der Waals surface area contributed by atoms with Crippen molar-refractivity contribution >= 4 is 6.21 Å². The maximum absolute atomic E-state index is 4.11. The Morgan fingerprint density at radius 2 is 2.18 bits per heavy atom. The summed E-state index contributed by atoms with van der Waals surface area (Å²) in [5.41, 5.74) is 0. The van der Waals surface area contributed by atoms with Crippen LogP contribution in [0, 0.1) is 0 Å². The maximum Gasteiger partial charge on any atom is 0.125 e. The van der Waals surface area contributed by atoms with Crippen LogP contribution in [-0.4, -0.2) is 12.3 Å². The van der Waals surface area contributed by atoms with Crippen LogP contribution in [0.4, 0.5) is 0 Å². The SMILES string of the molecule is C=C/C=C(\N=C/C)NC(C)C. The molecule has 0 bridgehead atoms. The van der Waals surface area contributed by atoms with E-state index in [4.69, 9.17) is 0 Å². The van der Waals surface area contributed by atoms with Gasteiger partial charge in [-0.2, -0.15) is 0 Å². The van der Waals surface area contributed by atoms with Gasteiger partial charge >= 0.3 is 0 Å². The molecule has 0 aliphatic rings. The van der Waals surface area contributed by atoms with Crippen molar-refractivity contribution in [2.45, 2.75) is 26.8 Å². The van der Waals surface area contributed by atoms with E-state index >= 15 is 0 Å². The first-order valence-corrected chi connectivity index (χ1v) is 3.78. The average Bonchev–Trinajstić information content (AvgIpc) is 1.87. The maximum atomic E-state index is 4.11. The van der Waals surface area contributed by atoms with Gasteiger partial charge in [-0.05, 0) is 26.8 Å². The Bertz CT molecular complexity index is 166. The van der Waals surface area contributed by atoms with E-state index in [1.165, 1.54) is 0 Å². The molecule has 11 heavy (non-hydrogen) atoms. The summed E-state index contributed by atoms with van der Waals surface area (Å²) in [5, 5.41) is 3.17. The molecule has 0 aromatic carbocycles. The van der Waals surface area contributed by atoms with E-state index in [2.05, 4.69) is 30.7 Å². The van der Waals surface area contributed by atoms with Crippen LogP contribution in [0.2, 0.25) is 0 Å². The van der Waals surface area contributed by atoms with E-state index in [1.54, 1.807) is 12.3 Å². The topological polar surface area (TPSA) is 24.4 Å². The van der Waals surface area contributed by atoms with Crippen molar-refractivity contribution in [3.05, 3.63) is 24.6 Å². The first-order valence-electron chi connectivity index (χ1n) is 3.78. The molecule has 2 nitrogen and oxygen atoms in total. The number of nitrogens with zero attached hydrogens (tertiary/aromatic N) is 1. The van der Waals surface area contributed by atoms with Crippen LogP contribution in [0.15, 0.2) is 29.5 Å². The lowest BCUT2D eigenvalue weighted by Crippen LogP contribution is -2.20. The van der Waals surface area contributed by atoms with Crippen molar-refractivity contribution in [1.82, 2.24) is 5.32 Å². The van der Waals surface area contributed by atoms with Gasteiger partial charge in [-0.15, -0.1) is 0 Å². The molecule has 0 heterocycles. The Hall–Kier alpha value is -1.05. The Balaban J connectivity index is 4.11. The van der Waals surface area contributed by atoms with Crippen molar-refractivity contribution in [2.75, 3.05) is 0 Å². The third kappa shape index (κ3) is 5.40. The fourth-order valence-electron chi connectivity index (χ4n) is 0.675. The molecule has 0 amide bonds. The second kappa shape index (κ2) is 5.71. The lowest BCUT2D eigenvalue weighted by Gasteiger charge is -2.08. The summed E-state index contributed by atoms with van der Waals surface area (Å²) in [4.78, 5) is 4.11. The van der Waals surface area contributed by atoms with Gasteiger partial charge in [0.2, 0.25) is 0 Å². The largest absolute Gasteiger partial charge is 0.368 e. The summed E-state index contributed by atoms with van der Waals surface area (Å²) in [6.07, 6.45) is 5.32. The zero-order chi connectivity index (χ0) is 8.69. The van der Waals surface area contributed by atoms with E-state index in [1.807, 2.05) is 13.0 Å². The van der Waals surface area contributed by atoms with Crippen LogP contribution in [-0.2, 0) is 0 Å². The summed E-state index contributed by atoms with van der Waals surface area (Å²) in [5.74, 6) is 0.859. The molecule has 0 saturated heterocycles.